The van der Waals surface area contributed by atoms with Crippen molar-refractivity contribution in [1.29, 1.82) is 0 Å². The van der Waals surface area contributed by atoms with Crippen molar-refractivity contribution in [3.63, 3.8) is 0 Å². The molecule has 0 bridgehead atoms. The van der Waals surface area contributed by atoms with E-state index in [-0.39, 0.29) is 11.6 Å². The standard InChI is InChI=1S/C21H23N5O3/c1-28-18-7-5-15(12-19(18)29-2)9-11-23-20-8-6-17(25-26-20)21(27)24-14-16-4-3-10-22-13-16/h3-8,10,12-13H,9,11,14H2,1-2H3,(H,23,26)(H,24,27). The van der Waals surface area contributed by atoms with Gasteiger partial charge in [0.15, 0.2) is 17.2 Å². The molecule has 8 nitrogen and oxygen atoms in total. The number of hydrogen-bond acceptors (Lipinski definition) is 7. The highest BCUT2D eigenvalue weighted by Gasteiger charge is 2.08. The molecule has 1 aromatic carbocycles. The second-order valence-electron chi connectivity index (χ2n) is 6.21. The predicted octanol–water partition coefficient (Wildman–Crippen LogP) is 2.47. The van der Waals surface area contributed by atoms with E-state index in [1.165, 1.54) is 0 Å². The summed E-state index contributed by atoms with van der Waals surface area (Å²) >= 11 is 0. The maximum absolute atomic E-state index is 12.2. The first-order chi connectivity index (χ1) is 14.2. The van der Waals surface area contributed by atoms with Gasteiger partial charge in [0, 0.05) is 25.5 Å². The zero-order valence-electron chi connectivity index (χ0n) is 16.4. The summed E-state index contributed by atoms with van der Waals surface area (Å²) in [6.45, 7) is 1.05. The van der Waals surface area contributed by atoms with Gasteiger partial charge in [0.05, 0.1) is 14.2 Å². The molecular weight excluding hydrogens is 370 g/mol. The number of hydrogen-bond donors (Lipinski definition) is 2. The van der Waals surface area contributed by atoms with Crippen LogP contribution in [0.5, 0.6) is 11.5 Å². The second kappa shape index (κ2) is 10.0. The van der Waals surface area contributed by atoms with Crippen LogP contribution < -0.4 is 20.1 Å². The summed E-state index contributed by atoms with van der Waals surface area (Å²) in [6, 6.07) is 12.9. The van der Waals surface area contributed by atoms with Gasteiger partial charge < -0.3 is 20.1 Å². The topological polar surface area (TPSA) is 98.3 Å². The van der Waals surface area contributed by atoms with Crippen LogP contribution in [0.4, 0.5) is 5.82 Å². The SMILES string of the molecule is COc1ccc(CCNc2ccc(C(=O)NCc3cccnc3)nn2)cc1OC. The first kappa shape index (κ1) is 20.1. The van der Waals surface area contributed by atoms with E-state index in [1.807, 2.05) is 30.3 Å². The van der Waals surface area contributed by atoms with Crippen molar-refractivity contribution < 1.29 is 14.3 Å². The Kier molecular flexibility index (Phi) is 6.94. The largest absolute Gasteiger partial charge is 0.493 e. The van der Waals surface area contributed by atoms with Gasteiger partial charge in [-0.15, -0.1) is 10.2 Å². The molecule has 0 fully saturated rings. The number of pyridine rings is 1. The summed E-state index contributed by atoms with van der Waals surface area (Å²) in [6.07, 6.45) is 4.17. The highest BCUT2D eigenvalue weighted by Crippen LogP contribution is 2.27. The molecule has 0 aliphatic heterocycles. The molecule has 0 aliphatic carbocycles. The Morgan fingerprint density at radius 3 is 2.55 bits per heavy atom. The monoisotopic (exact) mass is 393 g/mol. The third kappa shape index (κ3) is 5.65. The maximum atomic E-state index is 12.2. The average molecular weight is 393 g/mol. The third-order valence-corrected chi connectivity index (χ3v) is 4.24. The normalized spacial score (nSPS) is 10.3. The zero-order chi connectivity index (χ0) is 20.5. The number of methoxy groups -OCH3 is 2. The average Bonchev–Trinajstić information content (AvgIpc) is 2.78. The molecule has 150 valence electrons. The lowest BCUT2D eigenvalue weighted by molar-refractivity contribution is 0.0945. The van der Waals surface area contributed by atoms with Gasteiger partial charge in [0.25, 0.3) is 5.91 Å². The van der Waals surface area contributed by atoms with Gasteiger partial charge in [0.1, 0.15) is 5.82 Å². The zero-order valence-corrected chi connectivity index (χ0v) is 16.4. The number of anilines is 1. The third-order valence-electron chi connectivity index (χ3n) is 4.24. The maximum Gasteiger partial charge on any atom is 0.272 e. The van der Waals surface area contributed by atoms with Crippen molar-refractivity contribution in [2.75, 3.05) is 26.1 Å². The van der Waals surface area contributed by atoms with Crippen LogP contribution in [-0.4, -0.2) is 41.9 Å². The lowest BCUT2D eigenvalue weighted by Gasteiger charge is -2.10. The number of nitrogens with one attached hydrogen (secondary N) is 2. The van der Waals surface area contributed by atoms with E-state index in [9.17, 15) is 4.79 Å². The molecule has 0 saturated heterocycles. The van der Waals surface area contributed by atoms with Crippen LogP contribution in [-0.2, 0) is 13.0 Å². The van der Waals surface area contributed by atoms with Crippen LogP contribution in [0.2, 0.25) is 0 Å². The first-order valence-electron chi connectivity index (χ1n) is 9.15. The fourth-order valence-electron chi connectivity index (χ4n) is 2.69. The number of ether oxygens (including phenoxy) is 2. The summed E-state index contributed by atoms with van der Waals surface area (Å²) in [5.41, 5.74) is 2.29. The van der Waals surface area contributed by atoms with Crippen molar-refractivity contribution in [3.05, 3.63) is 71.7 Å². The molecule has 3 rings (SSSR count). The van der Waals surface area contributed by atoms with Gasteiger partial charge in [-0.2, -0.15) is 0 Å². The summed E-state index contributed by atoms with van der Waals surface area (Å²) in [5, 5.41) is 14.1. The molecule has 3 aromatic rings. The van der Waals surface area contributed by atoms with E-state index in [1.54, 1.807) is 38.7 Å². The quantitative estimate of drug-likeness (QED) is 0.576. The minimum Gasteiger partial charge on any atom is -0.493 e. The van der Waals surface area contributed by atoms with E-state index in [2.05, 4.69) is 25.8 Å². The number of benzene rings is 1. The smallest absolute Gasteiger partial charge is 0.272 e. The fraction of sp³-hybridized carbons (Fsp3) is 0.238. The van der Waals surface area contributed by atoms with Gasteiger partial charge >= 0.3 is 0 Å². The molecule has 2 heterocycles. The van der Waals surface area contributed by atoms with Crippen molar-refractivity contribution in [2.24, 2.45) is 0 Å². The highest BCUT2D eigenvalue weighted by atomic mass is 16.5. The molecule has 1 amide bonds. The Morgan fingerprint density at radius 1 is 1.00 bits per heavy atom. The molecule has 0 atom stereocenters. The van der Waals surface area contributed by atoms with Crippen molar-refractivity contribution in [3.8, 4) is 11.5 Å². The van der Waals surface area contributed by atoms with Gasteiger partial charge in [-0.25, -0.2) is 0 Å². The minimum atomic E-state index is -0.279. The van der Waals surface area contributed by atoms with E-state index >= 15 is 0 Å². The Hall–Kier alpha value is -3.68. The Balaban J connectivity index is 1.48. The van der Waals surface area contributed by atoms with E-state index in [0.29, 0.717) is 30.4 Å². The van der Waals surface area contributed by atoms with Crippen LogP contribution in [0, 0.1) is 0 Å². The summed E-state index contributed by atoms with van der Waals surface area (Å²) in [5.74, 6) is 1.73. The fourth-order valence-corrected chi connectivity index (χ4v) is 2.69. The molecule has 8 heteroatoms. The summed E-state index contributed by atoms with van der Waals surface area (Å²) in [4.78, 5) is 16.2. The number of carbonyl (C=O) groups is 1. The lowest BCUT2D eigenvalue weighted by Crippen LogP contribution is -2.24. The second-order valence-corrected chi connectivity index (χ2v) is 6.21. The summed E-state index contributed by atoms with van der Waals surface area (Å²) < 4.78 is 10.6. The van der Waals surface area contributed by atoms with Crippen LogP contribution in [0.1, 0.15) is 21.6 Å². The van der Waals surface area contributed by atoms with Gasteiger partial charge in [-0.05, 0) is 47.9 Å². The van der Waals surface area contributed by atoms with Crippen LogP contribution in [0.15, 0.2) is 54.9 Å². The molecular formula is C21H23N5O3. The molecule has 0 saturated carbocycles. The Morgan fingerprint density at radius 2 is 1.86 bits per heavy atom. The van der Waals surface area contributed by atoms with E-state index < -0.39 is 0 Å². The Labute approximate surface area is 169 Å². The molecule has 2 aromatic heterocycles. The van der Waals surface area contributed by atoms with Gasteiger partial charge in [0.2, 0.25) is 0 Å². The van der Waals surface area contributed by atoms with E-state index in [4.69, 9.17) is 9.47 Å². The molecule has 0 unspecified atom stereocenters. The highest BCUT2D eigenvalue weighted by molar-refractivity contribution is 5.92. The molecule has 0 aliphatic rings. The van der Waals surface area contributed by atoms with Crippen LogP contribution >= 0.6 is 0 Å². The number of nitrogens with zero attached hydrogens (tertiary/aromatic N) is 3. The number of aromatic nitrogens is 3. The van der Waals surface area contributed by atoms with Crippen molar-refractivity contribution in [2.45, 2.75) is 13.0 Å². The van der Waals surface area contributed by atoms with Crippen LogP contribution in [0.3, 0.4) is 0 Å². The number of rotatable bonds is 9. The van der Waals surface area contributed by atoms with Crippen LogP contribution in [0.25, 0.3) is 0 Å². The molecule has 0 radical (unpaired) electrons. The lowest BCUT2D eigenvalue weighted by atomic mass is 10.1. The first-order valence-corrected chi connectivity index (χ1v) is 9.15. The number of carbonyl (C=O) groups excluding carboxylic acids is 1. The van der Waals surface area contributed by atoms with Gasteiger partial charge in [-0.1, -0.05) is 12.1 Å². The molecule has 29 heavy (non-hydrogen) atoms. The number of amides is 1. The van der Waals surface area contributed by atoms with Crippen molar-refractivity contribution >= 4 is 11.7 Å². The Bertz CT molecular complexity index is 933. The molecule has 0 spiro atoms. The van der Waals surface area contributed by atoms with Crippen molar-refractivity contribution in [1.82, 2.24) is 20.5 Å². The molecule has 2 N–H and O–H groups in total. The minimum absolute atomic E-state index is 0.263. The summed E-state index contributed by atoms with van der Waals surface area (Å²) in [7, 11) is 3.23. The van der Waals surface area contributed by atoms with Gasteiger partial charge in [-0.3, -0.25) is 9.78 Å². The van der Waals surface area contributed by atoms with E-state index in [0.717, 1.165) is 17.5 Å². The predicted molar refractivity (Wildman–Crippen MR) is 109 cm³/mol.